The molecule has 1 aliphatic rings. The van der Waals surface area contributed by atoms with E-state index in [0.29, 0.717) is 24.3 Å². The van der Waals surface area contributed by atoms with E-state index in [-0.39, 0.29) is 15.5 Å². The van der Waals surface area contributed by atoms with Crippen molar-refractivity contribution in [1.82, 2.24) is 0 Å². The number of amides is 1. The minimum absolute atomic E-state index is 0.00116. The fourth-order valence-corrected chi connectivity index (χ4v) is 5.30. The third kappa shape index (κ3) is 3.78. The van der Waals surface area contributed by atoms with E-state index in [4.69, 9.17) is 11.6 Å². The molecule has 0 atom stereocenters. The van der Waals surface area contributed by atoms with Crippen LogP contribution in [0, 0.1) is 5.82 Å². The highest BCUT2D eigenvalue weighted by Crippen LogP contribution is 2.34. The lowest BCUT2D eigenvalue weighted by molar-refractivity contribution is 0.102. The Kier molecular flexibility index (Phi) is 5.49. The number of nitrogens with zero attached hydrogens (tertiary/aromatic N) is 1. The highest BCUT2D eigenvalue weighted by Gasteiger charge is 2.29. The summed E-state index contributed by atoms with van der Waals surface area (Å²) >= 11 is 5.97. The van der Waals surface area contributed by atoms with E-state index in [0.717, 1.165) is 18.1 Å². The van der Waals surface area contributed by atoms with Gasteiger partial charge >= 0.3 is 0 Å². The highest BCUT2D eigenvalue weighted by atomic mass is 35.5. The predicted molar refractivity (Wildman–Crippen MR) is 115 cm³/mol. The topological polar surface area (TPSA) is 66.5 Å². The zero-order chi connectivity index (χ0) is 21.3. The number of benzene rings is 3. The summed E-state index contributed by atoms with van der Waals surface area (Å²) in [5, 5.41) is 2.62. The molecule has 4 rings (SSSR count). The van der Waals surface area contributed by atoms with E-state index in [1.54, 1.807) is 48.5 Å². The van der Waals surface area contributed by atoms with Gasteiger partial charge in [-0.1, -0.05) is 41.9 Å². The van der Waals surface area contributed by atoms with Gasteiger partial charge in [0.15, 0.2) is 0 Å². The smallest absolute Gasteiger partial charge is 0.264 e. The van der Waals surface area contributed by atoms with E-state index in [1.807, 2.05) is 0 Å². The van der Waals surface area contributed by atoms with Gasteiger partial charge < -0.3 is 5.32 Å². The molecule has 1 aliphatic heterocycles. The van der Waals surface area contributed by atoms with Gasteiger partial charge in [-0.15, -0.1) is 0 Å². The Hall–Kier alpha value is -2.90. The maximum atomic E-state index is 14.1. The number of carbonyl (C=O) groups excluding carboxylic acids is 1. The Morgan fingerprint density at radius 1 is 1.03 bits per heavy atom. The fourth-order valence-electron chi connectivity index (χ4n) is 3.50. The van der Waals surface area contributed by atoms with Crippen molar-refractivity contribution in [2.75, 3.05) is 16.2 Å². The quantitative estimate of drug-likeness (QED) is 0.624. The van der Waals surface area contributed by atoms with Crippen molar-refractivity contribution in [3.05, 3.63) is 88.7 Å². The van der Waals surface area contributed by atoms with Gasteiger partial charge in [0.25, 0.3) is 15.9 Å². The second-order valence-corrected chi connectivity index (χ2v) is 9.16. The first kappa shape index (κ1) is 20.4. The molecule has 0 radical (unpaired) electrons. The molecule has 1 heterocycles. The average Bonchev–Trinajstić information content (AvgIpc) is 2.73. The van der Waals surface area contributed by atoms with Gasteiger partial charge in [0.2, 0.25) is 0 Å². The summed E-state index contributed by atoms with van der Waals surface area (Å²) in [5.74, 6) is -1.43. The number of sulfonamides is 1. The largest absolute Gasteiger partial charge is 0.322 e. The fraction of sp³-hybridized carbons (Fsp3) is 0.136. The summed E-state index contributed by atoms with van der Waals surface area (Å²) in [6.07, 6.45) is 1.42. The van der Waals surface area contributed by atoms with Crippen molar-refractivity contribution < 1.29 is 17.6 Å². The zero-order valence-electron chi connectivity index (χ0n) is 15.8. The average molecular weight is 445 g/mol. The second-order valence-electron chi connectivity index (χ2n) is 6.89. The lowest BCUT2D eigenvalue weighted by atomic mass is 10.0. The van der Waals surface area contributed by atoms with Crippen LogP contribution < -0.4 is 9.62 Å². The molecule has 0 aromatic heterocycles. The monoisotopic (exact) mass is 444 g/mol. The van der Waals surface area contributed by atoms with Crippen LogP contribution >= 0.6 is 11.6 Å². The van der Waals surface area contributed by atoms with Crippen molar-refractivity contribution in [2.45, 2.75) is 17.7 Å². The molecule has 0 unspecified atom stereocenters. The van der Waals surface area contributed by atoms with Crippen molar-refractivity contribution >= 4 is 38.9 Å². The third-order valence-corrected chi connectivity index (χ3v) is 7.08. The van der Waals surface area contributed by atoms with Crippen LogP contribution in [-0.4, -0.2) is 20.9 Å². The van der Waals surface area contributed by atoms with Crippen LogP contribution in [0.3, 0.4) is 0 Å². The summed E-state index contributed by atoms with van der Waals surface area (Å²) in [6, 6.07) is 17.3. The minimum Gasteiger partial charge on any atom is -0.322 e. The molecule has 0 saturated carbocycles. The van der Waals surface area contributed by atoms with Crippen LogP contribution in [0.4, 0.5) is 15.8 Å². The summed E-state index contributed by atoms with van der Waals surface area (Å²) in [7, 11) is -3.75. The van der Waals surface area contributed by atoms with E-state index in [1.165, 1.54) is 16.4 Å². The van der Waals surface area contributed by atoms with Crippen molar-refractivity contribution in [3.63, 3.8) is 0 Å². The number of anilines is 2. The minimum atomic E-state index is -3.75. The van der Waals surface area contributed by atoms with Crippen LogP contribution in [0.2, 0.25) is 5.02 Å². The van der Waals surface area contributed by atoms with Crippen molar-refractivity contribution in [1.29, 1.82) is 0 Å². The normalized spacial score (nSPS) is 13.6. The van der Waals surface area contributed by atoms with E-state index in [2.05, 4.69) is 5.32 Å². The number of nitrogens with one attached hydrogen (secondary N) is 1. The molecule has 5 nitrogen and oxygen atoms in total. The number of aryl methyl sites for hydroxylation is 1. The van der Waals surface area contributed by atoms with Gasteiger partial charge in [0.05, 0.1) is 21.2 Å². The van der Waals surface area contributed by atoms with Crippen LogP contribution in [-0.2, 0) is 16.4 Å². The Balaban J connectivity index is 1.69. The molecule has 30 heavy (non-hydrogen) atoms. The first-order valence-corrected chi connectivity index (χ1v) is 11.2. The molecule has 1 amide bonds. The van der Waals surface area contributed by atoms with Gasteiger partial charge in [-0.25, -0.2) is 12.8 Å². The van der Waals surface area contributed by atoms with Gasteiger partial charge in [-0.2, -0.15) is 0 Å². The molecule has 0 fully saturated rings. The number of halogens is 2. The Labute approximate surface area is 179 Å². The third-order valence-electron chi connectivity index (χ3n) is 4.94. The molecule has 0 bridgehead atoms. The maximum absolute atomic E-state index is 14.1. The summed E-state index contributed by atoms with van der Waals surface area (Å²) in [6.45, 7) is 0.334. The molecule has 1 N–H and O–H groups in total. The SMILES string of the molecule is O=C(Nc1ccc2c(c1)N(S(=O)(=O)c1ccccc1)CCC2)c1c(F)cccc1Cl. The predicted octanol–water partition coefficient (Wildman–Crippen LogP) is 4.87. The number of fused-ring (bicyclic) bond motifs is 1. The Morgan fingerprint density at radius 2 is 1.80 bits per heavy atom. The second kappa shape index (κ2) is 8.08. The highest BCUT2D eigenvalue weighted by molar-refractivity contribution is 7.92. The Bertz CT molecular complexity index is 1200. The number of hydrogen-bond acceptors (Lipinski definition) is 3. The first-order chi connectivity index (χ1) is 14.4. The van der Waals surface area contributed by atoms with Gasteiger partial charge in [-0.05, 0) is 54.8 Å². The molecular weight excluding hydrogens is 427 g/mol. The summed E-state index contributed by atoms with van der Waals surface area (Å²) in [5.41, 5.74) is 1.46. The van der Waals surface area contributed by atoms with Crippen molar-refractivity contribution in [2.24, 2.45) is 0 Å². The molecular formula is C22H18ClFN2O3S. The molecule has 154 valence electrons. The maximum Gasteiger partial charge on any atom is 0.264 e. The molecule has 3 aromatic carbocycles. The van der Waals surface area contributed by atoms with Gasteiger partial charge in [0, 0.05) is 12.2 Å². The lowest BCUT2D eigenvalue weighted by Crippen LogP contribution is -2.35. The zero-order valence-corrected chi connectivity index (χ0v) is 17.4. The number of hydrogen-bond donors (Lipinski definition) is 1. The molecule has 0 aliphatic carbocycles. The van der Waals surface area contributed by atoms with E-state index in [9.17, 15) is 17.6 Å². The number of rotatable bonds is 4. The summed E-state index contributed by atoms with van der Waals surface area (Å²) in [4.78, 5) is 12.8. The van der Waals surface area contributed by atoms with E-state index < -0.39 is 21.7 Å². The molecule has 0 spiro atoms. The van der Waals surface area contributed by atoms with Crippen LogP contribution in [0.5, 0.6) is 0 Å². The van der Waals surface area contributed by atoms with Crippen LogP contribution in [0.25, 0.3) is 0 Å². The van der Waals surface area contributed by atoms with Crippen LogP contribution in [0.15, 0.2) is 71.6 Å². The van der Waals surface area contributed by atoms with Gasteiger partial charge in [-0.3, -0.25) is 9.10 Å². The van der Waals surface area contributed by atoms with Crippen LogP contribution in [0.1, 0.15) is 22.3 Å². The summed E-state index contributed by atoms with van der Waals surface area (Å²) < 4.78 is 41.7. The standard InChI is InChI=1S/C22H18ClFN2O3S/c23-18-9-4-10-19(24)21(18)22(27)25-16-12-11-15-6-5-13-26(20(15)14-16)30(28,29)17-7-2-1-3-8-17/h1-4,7-12,14H,5-6,13H2,(H,25,27). The van der Waals surface area contributed by atoms with Crippen molar-refractivity contribution in [3.8, 4) is 0 Å². The number of carbonyl (C=O) groups is 1. The first-order valence-electron chi connectivity index (χ1n) is 9.34. The Morgan fingerprint density at radius 3 is 2.53 bits per heavy atom. The molecule has 0 saturated heterocycles. The molecule has 8 heteroatoms. The van der Waals surface area contributed by atoms with E-state index >= 15 is 0 Å². The van der Waals surface area contributed by atoms with Gasteiger partial charge in [0.1, 0.15) is 5.82 Å². The lowest BCUT2D eigenvalue weighted by Gasteiger charge is -2.31. The molecule has 3 aromatic rings.